The summed E-state index contributed by atoms with van der Waals surface area (Å²) in [6.45, 7) is 2.79. The van der Waals surface area contributed by atoms with Gasteiger partial charge in [-0.2, -0.15) is 0 Å². The van der Waals surface area contributed by atoms with Gasteiger partial charge in [0, 0.05) is 7.05 Å². The average Bonchev–Trinajstić information content (AvgIpc) is 2.84. The smallest absolute Gasteiger partial charge is 0.251 e. The molecule has 0 amide bonds. The predicted molar refractivity (Wildman–Crippen MR) is 60.6 cm³/mol. The number of hydrogen-bond acceptors (Lipinski definition) is 5. The Balaban J connectivity index is 2.10. The van der Waals surface area contributed by atoms with Crippen molar-refractivity contribution in [1.82, 2.24) is 20.2 Å². The summed E-state index contributed by atoms with van der Waals surface area (Å²) in [4.78, 5) is 2.06. The molecule has 0 aliphatic carbocycles. The number of aryl methyl sites for hydroxylation is 2. The zero-order chi connectivity index (χ0) is 11.1. The summed E-state index contributed by atoms with van der Waals surface area (Å²) in [5.41, 5.74) is 3.51. The zero-order valence-electron chi connectivity index (χ0n) is 9.18. The summed E-state index contributed by atoms with van der Waals surface area (Å²) in [7, 11) is 1.84. The van der Waals surface area contributed by atoms with Crippen molar-refractivity contribution in [2.24, 2.45) is 7.05 Å². The third-order valence-electron chi connectivity index (χ3n) is 2.79. The van der Waals surface area contributed by atoms with Gasteiger partial charge in [-0.1, -0.05) is 17.2 Å². The van der Waals surface area contributed by atoms with E-state index in [4.69, 9.17) is 0 Å². The molecule has 1 N–H and O–H groups in total. The summed E-state index contributed by atoms with van der Waals surface area (Å²) in [6.07, 6.45) is 0. The van der Waals surface area contributed by atoms with Crippen molar-refractivity contribution < 1.29 is 0 Å². The second-order valence-electron chi connectivity index (χ2n) is 3.83. The molecule has 1 aliphatic heterocycles. The maximum atomic E-state index is 4.01. The molecule has 0 radical (unpaired) electrons. The lowest BCUT2D eigenvalue weighted by Gasteiger charge is -2.14. The lowest BCUT2D eigenvalue weighted by atomic mass is 10.2. The number of rotatable bonds is 1. The van der Waals surface area contributed by atoms with E-state index in [0.29, 0.717) is 6.67 Å². The Labute approximate surface area is 92.9 Å². The topological polar surface area (TPSA) is 58.9 Å². The van der Waals surface area contributed by atoms with Gasteiger partial charge in [-0.25, -0.2) is 4.68 Å². The fraction of sp³-hybridized carbons (Fsp3) is 0.300. The number of nitrogens with zero attached hydrogens (tertiary/aromatic N) is 5. The number of tetrazole rings is 1. The van der Waals surface area contributed by atoms with Crippen molar-refractivity contribution in [2.45, 2.75) is 6.92 Å². The van der Waals surface area contributed by atoms with Crippen molar-refractivity contribution in [3.8, 4) is 0 Å². The molecule has 0 atom stereocenters. The van der Waals surface area contributed by atoms with Crippen LogP contribution in [0.1, 0.15) is 5.56 Å². The predicted octanol–water partition coefficient (Wildman–Crippen LogP) is 1.04. The van der Waals surface area contributed by atoms with Crippen LogP contribution in [0.2, 0.25) is 0 Å². The largest absolute Gasteiger partial charge is 0.365 e. The Kier molecular flexibility index (Phi) is 1.82. The second kappa shape index (κ2) is 3.19. The van der Waals surface area contributed by atoms with E-state index in [1.165, 1.54) is 5.56 Å². The molecule has 0 bridgehead atoms. The lowest BCUT2D eigenvalue weighted by molar-refractivity contribution is 0.706. The molecule has 1 aromatic heterocycles. The van der Waals surface area contributed by atoms with Crippen LogP contribution in [0.5, 0.6) is 0 Å². The summed E-state index contributed by atoms with van der Waals surface area (Å²) < 4.78 is 1.67. The molecule has 0 unspecified atom stereocenters. The second-order valence-corrected chi connectivity index (χ2v) is 3.83. The molecule has 1 aliphatic rings. The molecule has 3 rings (SSSR count). The maximum absolute atomic E-state index is 4.01. The number of nitrogens with one attached hydrogen (secondary N) is 1. The highest BCUT2D eigenvalue weighted by molar-refractivity contribution is 5.81. The number of aromatic nitrogens is 4. The maximum Gasteiger partial charge on any atom is 0.251 e. The average molecular weight is 216 g/mol. The van der Waals surface area contributed by atoms with E-state index in [1.54, 1.807) is 4.68 Å². The third-order valence-corrected chi connectivity index (χ3v) is 2.79. The number of hydrogen-bond donors (Lipinski definition) is 1. The zero-order valence-corrected chi connectivity index (χ0v) is 9.18. The Morgan fingerprint density at radius 2 is 2.25 bits per heavy atom. The Hall–Kier alpha value is -2.11. The first-order chi connectivity index (χ1) is 7.77. The summed E-state index contributed by atoms with van der Waals surface area (Å²) in [5.74, 6) is 0.747. The number of anilines is 3. The van der Waals surface area contributed by atoms with Crippen LogP contribution in [0.15, 0.2) is 18.2 Å². The van der Waals surface area contributed by atoms with Gasteiger partial charge in [0.05, 0.1) is 18.0 Å². The van der Waals surface area contributed by atoms with Gasteiger partial charge < -0.3 is 5.32 Å². The fourth-order valence-electron chi connectivity index (χ4n) is 1.98. The highest BCUT2D eigenvalue weighted by atomic mass is 15.6. The van der Waals surface area contributed by atoms with Crippen molar-refractivity contribution in [2.75, 3.05) is 16.9 Å². The minimum Gasteiger partial charge on any atom is -0.365 e. The normalized spacial score (nSPS) is 13.8. The van der Waals surface area contributed by atoms with Gasteiger partial charge in [0.1, 0.15) is 0 Å². The summed E-state index contributed by atoms with van der Waals surface area (Å²) >= 11 is 0. The molecule has 82 valence electrons. The number of fused-ring (bicyclic) bond motifs is 1. The van der Waals surface area contributed by atoms with Gasteiger partial charge in [-0.05, 0) is 29.0 Å². The standard InChI is InChI=1S/C10H12N6/c1-7-4-3-5-8-9(7)11-6-16(8)10-12-13-14-15(10)2/h3-5,11H,6H2,1-2H3. The molecule has 0 saturated carbocycles. The Morgan fingerprint density at radius 1 is 1.38 bits per heavy atom. The van der Waals surface area contributed by atoms with Crippen LogP contribution in [0.4, 0.5) is 17.3 Å². The number of para-hydroxylation sites is 1. The monoisotopic (exact) mass is 216 g/mol. The molecule has 6 nitrogen and oxygen atoms in total. The van der Waals surface area contributed by atoms with Crippen LogP contribution < -0.4 is 10.2 Å². The first kappa shape index (κ1) is 9.14. The molecule has 16 heavy (non-hydrogen) atoms. The fourth-order valence-corrected chi connectivity index (χ4v) is 1.98. The van der Waals surface area contributed by atoms with Gasteiger partial charge in [0.25, 0.3) is 5.95 Å². The molecule has 2 aromatic rings. The molecule has 6 heteroatoms. The lowest BCUT2D eigenvalue weighted by Crippen LogP contribution is -2.20. The minimum atomic E-state index is 0.703. The van der Waals surface area contributed by atoms with Crippen molar-refractivity contribution in [1.29, 1.82) is 0 Å². The van der Waals surface area contributed by atoms with E-state index in [9.17, 15) is 0 Å². The molecular formula is C10H12N6. The van der Waals surface area contributed by atoms with E-state index >= 15 is 0 Å². The quantitative estimate of drug-likeness (QED) is 0.771. The van der Waals surface area contributed by atoms with Gasteiger partial charge in [-0.15, -0.1) is 0 Å². The van der Waals surface area contributed by atoms with Gasteiger partial charge >= 0.3 is 0 Å². The van der Waals surface area contributed by atoms with Gasteiger partial charge in [0.2, 0.25) is 0 Å². The van der Waals surface area contributed by atoms with Gasteiger partial charge in [-0.3, -0.25) is 4.90 Å². The SMILES string of the molecule is Cc1cccc2c1NCN2c1nnnn1C. The van der Waals surface area contributed by atoms with Crippen LogP contribution in [-0.2, 0) is 7.05 Å². The van der Waals surface area contributed by atoms with E-state index in [-0.39, 0.29) is 0 Å². The van der Waals surface area contributed by atoms with E-state index in [0.717, 1.165) is 17.3 Å². The van der Waals surface area contributed by atoms with E-state index < -0.39 is 0 Å². The highest BCUT2D eigenvalue weighted by Crippen LogP contribution is 2.37. The molecule has 2 heterocycles. The van der Waals surface area contributed by atoms with Crippen LogP contribution >= 0.6 is 0 Å². The molecule has 0 spiro atoms. The van der Waals surface area contributed by atoms with E-state index in [1.807, 2.05) is 13.1 Å². The highest BCUT2D eigenvalue weighted by Gasteiger charge is 2.24. The molecular weight excluding hydrogens is 204 g/mol. The Bertz CT molecular complexity index is 532. The van der Waals surface area contributed by atoms with Crippen molar-refractivity contribution >= 4 is 17.3 Å². The van der Waals surface area contributed by atoms with Gasteiger partial charge in [0.15, 0.2) is 0 Å². The van der Waals surface area contributed by atoms with Crippen LogP contribution in [-0.4, -0.2) is 26.9 Å². The summed E-state index contributed by atoms with van der Waals surface area (Å²) in [5, 5.41) is 14.9. The van der Waals surface area contributed by atoms with Crippen LogP contribution in [0.25, 0.3) is 0 Å². The van der Waals surface area contributed by atoms with Crippen LogP contribution in [0, 0.1) is 6.92 Å². The Morgan fingerprint density at radius 3 is 3.00 bits per heavy atom. The van der Waals surface area contributed by atoms with Crippen LogP contribution in [0.3, 0.4) is 0 Å². The van der Waals surface area contributed by atoms with Crippen molar-refractivity contribution in [3.05, 3.63) is 23.8 Å². The molecule has 0 saturated heterocycles. The first-order valence-corrected chi connectivity index (χ1v) is 5.11. The number of benzene rings is 1. The van der Waals surface area contributed by atoms with E-state index in [2.05, 4.69) is 44.8 Å². The minimum absolute atomic E-state index is 0.703. The molecule has 1 aromatic carbocycles. The third kappa shape index (κ3) is 1.16. The van der Waals surface area contributed by atoms with Crippen molar-refractivity contribution in [3.63, 3.8) is 0 Å². The molecule has 0 fully saturated rings. The summed E-state index contributed by atoms with van der Waals surface area (Å²) in [6, 6.07) is 6.19. The first-order valence-electron chi connectivity index (χ1n) is 5.11.